The Bertz CT molecular complexity index is 373. The van der Waals surface area contributed by atoms with E-state index in [1.165, 1.54) is 0 Å². The highest BCUT2D eigenvalue weighted by Gasteiger charge is 2.24. The zero-order valence-electron chi connectivity index (χ0n) is 10.7. The van der Waals surface area contributed by atoms with Crippen LogP contribution in [-0.4, -0.2) is 32.8 Å². The minimum atomic E-state index is -0.786. The smallest absolute Gasteiger partial charge is 0.0951 e. The van der Waals surface area contributed by atoms with E-state index in [0.29, 0.717) is 5.75 Å². The van der Waals surface area contributed by atoms with Crippen LogP contribution in [0.3, 0.4) is 0 Å². The summed E-state index contributed by atoms with van der Waals surface area (Å²) >= 11 is 0. The molecule has 1 aromatic rings. The van der Waals surface area contributed by atoms with Gasteiger partial charge in [0.15, 0.2) is 0 Å². The summed E-state index contributed by atoms with van der Waals surface area (Å²) in [5.74, 6) is 0.656. The molecule has 0 spiro atoms. The van der Waals surface area contributed by atoms with Gasteiger partial charge in [-0.05, 0) is 27.8 Å². The maximum absolute atomic E-state index is 11.2. The van der Waals surface area contributed by atoms with E-state index in [1.807, 2.05) is 19.6 Å². The van der Waals surface area contributed by atoms with Crippen LogP contribution >= 0.6 is 0 Å². The zero-order valence-corrected chi connectivity index (χ0v) is 11.5. The lowest BCUT2D eigenvalue weighted by Crippen LogP contribution is -2.36. The molecule has 2 atom stereocenters. The van der Waals surface area contributed by atoms with Crippen LogP contribution in [0, 0.1) is 0 Å². The third-order valence-electron chi connectivity index (χ3n) is 2.88. The Morgan fingerprint density at radius 3 is 2.75 bits per heavy atom. The molecular weight excluding hydrogens is 222 g/mol. The molecule has 1 N–H and O–H groups in total. The Balaban J connectivity index is 2.98. The second-order valence-corrected chi connectivity index (χ2v) is 6.13. The summed E-state index contributed by atoms with van der Waals surface area (Å²) in [5.41, 5.74) is 0.993. The molecule has 0 saturated heterocycles. The lowest BCUT2D eigenvalue weighted by Gasteiger charge is -2.27. The van der Waals surface area contributed by atoms with Gasteiger partial charge >= 0.3 is 0 Å². The molecule has 1 rings (SSSR count). The van der Waals surface area contributed by atoms with Crippen LogP contribution in [-0.2, 0) is 16.3 Å². The quantitative estimate of drug-likeness (QED) is 0.847. The summed E-state index contributed by atoms with van der Waals surface area (Å²) in [7, 11) is 1.14. The first-order valence-corrected chi connectivity index (χ1v) is 7.12. The Morgan fingerprint density at radius 2 is 2.25 bits per heavy atom. The second kappa shape index (κ2) is 5.10. The van der Waals surface area contributed by atoms with Gasteiger partial charge in [-0.25, -0.2) is 4.98 Å². The van der Waals surface area contributed by atoms with E-state index in [-0.39, 0.29) is 11.6 Å². The summed E-state index contributed by atoms with van der Waals surface area (Å²) in [4.78, 5) is 4.19. The Labute approximate surface area is 99.9 Å². The Hall–Kier alpha value is -0.680. The summed E-state index contributed by atoms with van der Waals surface area (Å²) in [5, 5.41) is 3.26. The van der Waals surface area contributed by atoms with Crippen LogP contribution in [0.4, 0.5) is 0 Å². The highest BCUT2D eigenvalue weighted by atomic mass is 32.2. The fourth-order valence-corrected chi connectivity index (χ4v) is 2.53. The van der Waals surface area contributed by atoms with Crippen molar-refractivity contribution >= 4 is 10.8 Å². The SMILES string of the molecule is CNC(C)(C)c1cncn1C(C)CS(C)=O. The molecule has 0 aliphatic carbocycles. The number of rotatable bonds is 5. The first kappa shape index (κ1) is 13.4. The molecule has 92 valence electrons. The van der Waals surface area contributed by atoms with Crippen molar-refractivity contribution in [2.45, 2.75) is 32.4 Å². The van der Waals surface area contributed by atoms with Gasteiger partial charge in [0.05, 0.1) is 23.8 Å². The van der Waals surface area contributed by atoms with Gasteiger partial charge in [-0.15, -0.1) is 0 Å². The standard InChI is InChI=1S/C11H21N3OS/c1-9(7-16(5)15)14-8-13-6-10(14)11(2,3)12-4/h6,8-9,12H,7H2,1-5H3. The second-order valence-electron chi connectivity index (χ2n) is 4.65. The summed E-state index contributed by atoms with van der Waals surface area (Å²) in [6.45, 7) is 6.28. The van der Waals surface area contributed by atoms with Crippen molar-refractivity contribution in [3.63, 3.8) is 0 Å². The molecule has 0 bridgehead atoms. The maximum Gasteiger partial charge on any atom is 0.0951 e. The van der Waals surface area contributed by atoms with Crippen LogP contribution in [0.5, 0.6) is 0 Å². The number of aromatic nitrogens is 2. The largest absolute Gasteiger partial charge is 0.329 e. The number of hydrogen-bond acceptors (Lipinski definition) is 3. The van der Waals surface area contributed by atoms with Gasteiger partial charge in [0, 0.05) is 28.9 Å². The monoisotopic (exact) mass is 243 g/mol. The van der Waals surface area contributed by atoms with Gasteiger partial charge in [0.2, 0.25) is 0 Å². The van der Waals surface area contributed by atoms with E-state index in [2.05, 4.69) is 35.6 Å². The van der Waals surface area contributed by atoms with E-state index in [0.717, 1.165) is 5.69 Å². The molecule has 2 unspecified atom stereocenters. The lowest BCUT2D eigenvalue weighted by molar-refractivity contribution is 0.397. The number of imidazole rings is 1. The molecule has 0 saturated carbocycles. The van der Waals surface area contributed by atoms with E-state index in [1.54, 1.807) is 6.26 Å². The summed E-state index contributed by atoms with van der Waals surface area (Å²) < 4.78 is 13.3. The average Bonchev–Trinajstić information content (AvgIpc) is 2.65. The van der Waals surface area contributed by atoms with Gasteiger partial charge in [-0.2, -0.15) is 0 Å². The van der Waals surface area contributed by atoms with Gasteiger partial charge in [-0.3, -0.25) is 4.21 Å². The minimum Gasteiger partial charge on any atom is -0.329 e. The van der Waals surface area contributed by atoms with E-state index < -0.39 is 10.8 Å². The molecule has 0 fully saturated rings. The first-order chi connectivity index (χ1) is 7.38. The van der Waals surface area contributed by atoms with Crippen molar-refractivity contribution in [1.29, 1.82) is 0 Å². The summed E-state index contributed by atoms with van der Waals surface area (Å²) in [6, 6.07) is 0.205. The predicted molar refractivity (Wildman–Crippen MR) is 68.0 cm³/mol. The maximum atomic E-state index is 11.2. The highest BCUT2D eigenvalue weighted by molar-refractivity contribution is 7.84. The molecule has 0 aliphatic heterocycles. The van der Waals surface area contributed by atoms with Crippen molar-refractivity contribution in [2.75, 3.05) is 19.1 Å². The summed E-state index contributed by atoms with van der Waals surface area (Å²) in [6.07, 6.45) is 5.41. The van der Waals surface area contributed by atoms with Crippen molar-refractivity contribution in [3.8, 4) is 0 Å². The Morgan fingerprint density at radius 1 is 1.62 bits per heavy atom. The lowest BCUT2D eigenvalue weighted by atomic mass is 10.0. The minimum absolute atomic E-state index is 0.125. The van der Waals surface area contributed by atoms with Crippen LogP contribution < -0.4 is 5.32 Å². The van der Waals surface area contributed by atoms with Crippen LogP contribution in [0.2, 0.25) is 0 Å². The molecule has 5 heteroatoms. The molecule has 1 aromatic heterocycles. The number of hydrogen-bond donors (Lipinski definition) is 1. The van der Waals surface area contributed by atoms with Crippen molar-refractivity contribution in [1.82, 2.24) is 14.9 Å². The van der Waals surface area contributed by atoms with Crippen LogP contribution in [0.1, 0.15) is 32.5 Å². The van der Waals surface area contributed by atoms with Gasteiger partial charge < -0.3 is 9.88 Å². The molecular formula is C11H21N3OS. The topological polar surface area (TPSA) is 46.9 Å². The van der Waals surface area contributed by atoms with Crippen molar-refractivity contribution in [3.05, 3.63) is 18.2 Å². The number of nitrogens with one attached hydrogen (secondary N) is 1. The first-order valence-electron chi connectivity index (χ1n) is 5.39. The van der Waals surface area contributed by atoms with Crippen molar-refractivity contribution in [2.24, 2.45) is 0 Å². The molecule has 0 amide bonds. The third kappa shape index (κ3) is 2.92. The van der Waals surface area contributed by atoms with Gasteiger partial charge in [0.1, 0.15) is 0 Å². The van der Waals surface area contributed by atoms with Crippen LogP contribution in [0.25, 0.3) is 0 Å². The highest BCUT2D eigenvalue weighted by Crippen LogP contribution is 2.22. The van der Waals surface area contributed by atoms with Crippen molar-refractivity contribution < 1.29 is 4.21 Å². The van der Waals surface area contributed by atoms with Crippen LogP contribution in [0.15, 0.2) is 12.5 Å². The third-order valence-corrected chi connectivity index (χ3v) is 3.83. The molecule has 0 aliphatic rings. The molecule has 0 radical (unpaired) electrons. The van der Waals surface area contributed by atoms with E-state index in [4.69, 9.17) is 0 Å². The normalized spacial score (nSPS) is 16.1. The fourth-order valence-electron chi connectivity index (χ4n) is 1.69. The predicted octanol–water partition coefficient (Wildman–Crippen LogP) is 1.28. The zero-order chi connectivity index (χ0) is 12.3. The molecule has 1 heterocycles. The Kier molecular flexibility index (Phi) is 4.27. The van der Waals surface area contributed by atoms with E-state index in [9.17, 15) is 4.21 Å². The van der Waals surface area contributed by atoms with Gasteiger partial charge in [-0.1, -0.05) is 0 Å². The van der Waals surface area contributed by atoms with E-state index >= 15 is 0 Å². The van der Waals surface area contributed by atoms with Gasteiger partial charge in [0.25, 0.3) is 0 Å². The molecule has 16 heavy (non-hydrogen) atoms. The number of nitrogens with zero attached hydrogens (tertiary/aromatic N) is 2. The molecule has 0 aromatic carbocycles. The fraction of sp³-hybridized carbons (Fsp3) is 0.727. The average molecular weight is 243 g/mol. The molecule has 4 nitrogen and oxygen atoms in total.